The normalized spacial score (nSPS) is 14.1. The highest BCUT2D eigenvalue weighted by Crippen LogP contribution is 2.13. The second-order valence-corrected chi connectivity index (χ2v) is 7.18. The predicted molar refractivity (Wildman–Crippen MR) is 85.3 cm³/mol. The van der Waals surface area contributed by atoms with Gasteiger partial charge in [-0.05, 0) is 45.7 Å². The van der Waals surface area contributed by atoms with Crippen molar-refractivity contribution in [2.75, 3.05) is 19.7 Å². The molecule has 0 aliphatic carbocycles. The lowest BCUT2D eigenvalue weighted by atomic mass is 10.1. The molecule has 21 heavy (non-hydrogen) atoms. The number of hydrogen-bond donors (Lipinski definition) is 1. The van der Waals surface area contributed by atoms with E-state index in [1.54, 1.807) is 0 Å². The Labute approximate surface area is 129 Å². The minimum absolute atomic E-state index is 0.220. The van der Waals surface area contributed by atoms with Crippen molar-refractivity contribution in [3.8, 4) is 0 Å². The number of ether oxygens (including phenoxy) is 1. The van der Waals surface area contributed by atoms with Crippen LogP contribution in [0.5, 0.6) is 0 Å². The Hall–Kier alpha value is -0.840. The maximum absolute atomic E-state index is 10.2. The molecule has 0 saturated carbocycles. The number of rotatable bonds is 8. The third kappa shape index (κ3) is 8.24. The lowest BCUT2D eigenvalue weighted by molar-refractivity contribution is -0.0576. The van der Waals surface area contributed by atoms with Gasteiger partial charge in [0.25, 0.3) is 0 Å². The van der Waals surface area contributed by atoms with Crippen molar-refractivity contribution >= 4 is 0 Å². The summed E-state index contributed by atoms with van der Waals surface area (Å²) < 4.78 is 11.3. The van der Waals surface area contributed by atoms with Gasteiger partial charge < -0.3 is 14.3 Å². The van der Waals surface area contributed by atoms with Crippen LogP contribution in [0.1, 0.15) is 46.1 Å². The lowest BCUT2D eigenvalue weighted by Gasteiger charge is -2.28. The Balaban J connectivity index is 2.52. The van der Waals surface area contributed by atoms with E-state index in [9.17, 15) is 5.11 Å². The number of aryl methyl sites for hydroxylation is 1. The zero-order valence-electron chi connectivity index (χ0n) is 14.3. The van der Waals surface area contributed by atoms with Gasteiger partial charge in [0, 0.05) is 13.1 Å². The smallest absolute Gasteiger partial charge is 0.118 e. The van der Waals surface area contributed by atoms with Gasteiger partial charge in [-0.15, -0.1) is 0 Å². The van der Waals surface area contributed by atoms with E-state index < -0.39 is 6.10 Å². The van der Waals surface area contributed by atoms with Crippen LogP contribution in [-0.2, 0) is 11.3 Å². The fourth-order valence-corrected chi connectivity index (χ4v) is 2.21. The highest BCUT2D eigenvalue weighted by molar-refractivity contribution is 5.05. The molecule has 0 amide bonds. The first-order valence-corrected chi connectivity index (χ1v) is 7.75. The fourth-order valence-electron chi connectivity index (χ4n) is 2.21. The summed E-state index contributed by atoms with van der Waals surface area (Å²) in [6, 6.07) is 3.97. The maximum atomic E-state index is 10.2. The fraction of sp³-hybridized carbons (Fsp3) is 0.765. The molecule has 1 rings (SSSR count). The number of hydrogen-bond acceptors (Lipinski definition) is 4. The van der Waals surface area contributed by atoms with E-state index in [0.717, 1.165) is 24.6 Å². The molecular weight excluding hydrogens is 266 g/mol. The third-order valence-electron chi connectivity index (χ3n) is 2.98. The van der Waals surface area contributed by atoms with Gasteiger partial charge in [-0.3, -0.25) is 4.90 Å². The SMILES string of the molecule is Cc1ccc(CN(CC(C)C)CC(O)COC(C)(C)C)o1. The Morgan fingerprint density at radius 1 is 1.24 bits per heavy atom. The zero-order chi connectivity index (χ0) is 16.0. The minimum atomic E-state index is -0.487. The van der Waals surface area contributed by atoms with Gasteiger partial charge in [0.1, 0.15) is 11.5 Å². The Bertz CT molecular complexity index is 406. The van der Waals surface area contributed by atoms with E-state index in [1.165, 1.54) is 0 Å². The quantitative estimate of drug-likeness (QED) is 0.800. The number of aliphatic hydroxyl groups is 1. The van der Waals surface area contributed by atoms with Crippen LogP contribution in [0, 0.1) is 12.8 Å². The minimum Gasteiger partial charge on any atom is -0.465 e. The molecule has 1 atom stereocenters. The van der Waals surface area contributed by atoms with Crippen LogP contribution in [-0.4, -0.2) is 41.4 Å². The maximum Gasteiger partial charge on any atom is 0.118 e. The number of nitrogens with zero attached hydrogens (tertiary/aromatic N) is 1. The highest BCUT2D eigenvalue weighted by atomic mass is 16.5. The zero-order valence-corrected chi connectivity index (χ0v) is 14.3. The standard InChI is InChI=1S/C17H31NO3/c1-13(2)9-18(11-16-8-7-14(3)21-16)10-15(19)12-20-17(4,5)6/h7-8,13,15,19H,9-12H2,1-6H3. The van der Waals surface area contributed by atoms with Crippen molar-refractivity contribution in [1.29, 1.82) is 0 Å². The molecule has 0 bridgehead atoms. The van der Waals surface area contributed by atoms with E-state index in [1.807, 2.05) is 39.8 Å². The van der Waals surface area contributed by atoms with Gasteiger partial charge in [0.15, 0.2) is 0 Å². The Morgan fingerprint density at radius 3 is 2.38 bits per heavy atom. The van der Waals surface area contributed by atoms with E-state index in [-0.39, 0.29) is 5.60 Å². The highest BCUT2D eigenvalue weighted by Gasteiger charge is 2.18. The molecule has 1 N–H and O–H groups in total. The van der Waals surface area contributed by atoms with Crippen molar-refractivity contribution in [3.63, 3.8) is 0 Å². The Kier molecular flexibility index (Phi) is 6.91. The number of aliphatic hydroxyl groups excluding tert-OH is 1. The monoisotopic (exact) mass is 297 g/mol. The summed E-state index contributed by atoms with van der Waals surface area (Å²) in [6.07, 6.45) is -0.487. The summed E-state index contributed by atoms with van der Waals surface area (Å²) in [6.45, 7) is 14.9. The van der Waals surface area contributed by atoms with Crippen molar-refractivity contribution in [2.45, 2.75) is 59.8 Å². The van der Waals surface area contributed by atoms with Crippen molar-refractivity contribution in [2.24, 2.45) is 5.92 Å². The molecule has 0 spiro atoms. The molecule has 0 saturated heterocycles. The van der Waals surface area contributed by atoms with Gasteiger partial charge in [-0.1, -0.05) is 13.8 Å². The van der Waals surface area contributed by atoms with Crippen LogP contribution >= 0.6 is 0 Å². The topological polar surface area (TPSA) is 45.8 Å². The largest absolute Gasteiger partial charge is 0.465 e. The molecule has 4 heteroatoms. The average molecular weight is 297 g/mol. The molecule has 1 heterocycles. The van der Waals surface area contributed by atoms with E-state index in [2.05, 4.69) is 18.7 Å². The summed E-state index contributed by atoms with van der Waals surface area (Å²) >= 11 is 0. The van der Waals surface area contributed by atoms with E-state index in [0.29, 0.717) is 19.1 Å². The molecule has 0 aliphatic rings. The molecule has 0 aliphatic heterocycles. The average Bonchev–Trinajstić information content (AvgIpc) is 2.70. The first-order valence-electron chi connectivity index (χ1n) is 7.75. The predicted octanol–water partition coefficient (Wildman–Crippen LogP) is 3.22. The summed E-state index contributed by atoms with van der Waals surface area (Å²) in [5.41, 5.74) is -0.220. The summed E-state index contributed by atoms with van der Waals surface area (Å²) in [5, 5.41) is 10.2. The van der Waals surface area contributed by atoms with Crippen LogP contribution in [0.15, 0.2) is 16.5 Å². The van der Waals surface area contributed by atoms with Crippen LogP contribution in [0.4, 0.5) is 0 Å². The van der Waals surface area contributed by atoms with Crippen molar-refractivity contribution in [3.05, 3.63) is 23.7 Å². The lowest BCUT2D eigenvalue weighted by Crippen LogP contribution is -2.38. The molecule has 4 nitrogen and oxygen atoms in total. The molecule has 0 radical (unpaired) electrons. The first kappa shape index (κ1) is 18.2. The molecule has 122 valence electrons. The van der Waals surface area contributed by atoms with Gasteiger partial charge >= 0.3 is 0 Å². The first-order chi connectivity index (χ1) is 9.65. The second-order valence-electron chi connectivity index (χ2n) is 7.18. The Morgan fingerprint density at radius 2 is 1.90 bits per heavy atom. The molecular formula is C17H31NO3. The third-order valence-corrected chi connectivity index (χ3v) is 2.98. The van der Waals surface area contributed by atoms with E-state index >= 15 is 0 Å². The van der Waals surface area contributed by atoms with E-state index in [4.69, 9.17) is 9.15 Å². The van der Waals surface area contributed by atoms with Crippen LogP contribution in [0.2, 0.25) is 0 Å². The van der Waals surface area contributed by atoms with Crippen LogP contribution < -0.4 is 0 Å². The second kappa shape index (κ2) is 7.97. The van der Waals surface area contributed by atoms with Gasteiger partial charge in [-0.25, -0.2) is 0 Å². The number of furan rings is 1. The molecule has 0 aromatic carbocycles. The molecule has 1 aromatic heterocycles. The molecule has 0 fully saturated rings. The van der Waals surface area contributed by atoms with Crippen LogP contribution in [0.25, 0.3) is 0 Å². The molecule has 1 unspecified atom stereocenters. The summed E-state index contributed by atoms with van der Waals surface area (Å²) in [7, 11) is 0. The van der Waals surface area contributed by atoms with Gasteiger partial charge in [0.2, 0.25) is 0 Å². The van der Waals surface area contributed by atoms with Crippen molar-refractivity contribution < 1.29 is 14.3 Å². The van der Waals surface area contributed by atoms with Crippen molar-refractivity contribution in [1.82, 2.24) is 4.90 Å². The summed E-state index contributed by atoms with van der Waals surface area (Å²) in [5.74, 6) is 2.40. The summed E-state index contributed by atoms with van der Waals surface area (Å²) in [4.78, 5) is 2.22. The van der Waals surface area contributed by atoms with Gasteiger partial charge in [-0.2, -0.15) is 0 Å². The van der Waals surface area contributed by atoms with Gasteiger partial charge in [0.05, 0.1) is 24.9 Å². The van der Waals surface area contributed by atoms with Crippen LogP contribution in [0.3, 0.4) is 0 Å². The molecule has 1 aromatic rings.